The smallest absolute Gasteiger partial charge is 0.407 e. The molecule has 2 fully saturated rings. The van der Waals surface area contributed by atoms with Crippen LogP contribution in [0.4, 0.5) is 10.5 Å². The van der Waals surface area contributed by atoms with Crippen LogP contribution in [0.25, 0.3) is 10.9 Å². The number of nitrogens with one attached hydrogen (secondary N) is 1. The Balaban J connectivity index is 1.31. The zero-order valence-corrected chi connectivity index (χ0v) is 20.5. The molecule has 1 aliphatic heterocycles. The maximum atomic E-state index is 13.3. The number of nitrogens with zero attached hydrogens (tertiary/aromatic N) is 3. The molecule has 1 aromatic heterocycles. The molecule has 188 valence electrons. The van der Waals surface area contributed by atoms with Crippen molar-refractivity contribution in [3.05, 3.63) is 66.4 Å². The van der Waals surface area contributed by atoms with Gasteiger partial charge >= 0.3 is 6.09 Å². The van der Waals surface area contributed by atoms with Crippen LogP contribution in [-0.2, 0) is 10.0 Å². The topological polar surface area (TPSA) is 120 Å². The Bertz CT molecular complexity index is 1380. The lowest BCUT2D eigenvalue weighted by molar-refractivity contribution is 0.0427. The van der Waals surface area contributed by atoms with Crippen LogP contribution in [0, 0.1) is 5.92 Å². The van der Waals surface area contributed by atoms with Crippen LogP contribution >= 0.6 is 0 Å². The molecule has 2 aliphatic rings. The van der Waals surface area contributed by atoms with Crippen LogP contribution in [-0.4, -0.2) is 66.0 Å². The Morgan fingerprint density at radius 3 is 2.47 bits per heavy atom. The predicted octanol–water partition coefficient (Wildman–Crippen LogP) is 4.03. The van der Waals surface area contributed by atoms with E-state index >= 15 is 0 Å². The third-order valence-corrected chi connectivity index (χ3v) is 8.30. The monoisotopic (exact) mass is 508 g/mol. The number of aromatic nitrogens is 1. The Kier molecular flexibility index (Phi) is 6.53. The van der Waals surface area contributed by atoms with Gasteiger partial charge < -0.3 is 14.9 Å². The van der Waals surface area contributed by atoms with Gasteiger partial charge in [0.25, 0.3) is 15.9 Å². The van der Waals surface area contributed by atoms with Gasteiger partial charge in [-0.2, -0.15) is 0 Å². The zero-order valence-electron chi connectivity index (χ0n) is 19.7. The predicted molar refractivity (Wildman–Crippen MR) is 135 cm³/mol. The number of pyridine rings is 1. The van der Waals surface area contributed by atoms with E-state index in [-0.39, 0.29) is 23.4 Å². The minimum absolute atomic E-state index is 0.0792. The van der Waals surface area contributed by atoms with E-state index in [2.05, 4.69) is 9.71 Å². The molecule has 5 rings (SSSR count). The average Bonchev–Trinajstić information content (AvgIpc) is 3.71. The van der Waals surface area contributed by atoms with Gasteiger partial charge in [0.05, 0.1) is 5.52 Å². The third-order valence-electron chi connectivity index (χ3n) is 6.89. The number of piperazine rings is 1. The second kappa shape index (κ2) is 9.77. The van der Waals surface area contributed by atoms with E-state index in [1.807, 2.05) is 0 Å². The highest BCUT2D eigenvalue weighted by Crippen LogP contribution is 2.35. The summed E-state index contributed by atoms with van der Waals surface area (Å²) < 4.78 is 28.7. The summed E-state index contributed by atoms with van der Waals surface area (Å²) in [4.78, 5) is 32.3. The number of fused-ring (bicyclic) bond motifs is 1. The van der Waals surface area contributed by atoms with Gasteiger partial charge in [0.1, 0.15) is 4.90 Å². The number of benzene rings is 2. The molecule has 2 heterocycles. The first-order valence-corrected chi connectivity index (χ1v) is 13.6. The molecule has 1 atom stereocenters. The van der Waals surface area contributed by atoms with E-state index in [1.165, 1.54) is 23.8 Å². The van der Waals surface area contributed by atoms with Gasteiger partial charge in [-0.1, -0.05) is 31.0 Å². The van der Waals surface area contributed by atoms with Crippen molar-refractivity contribution in [2.75, 3.05) is 24.4 Å². The number of hydrogen-bond donors (Lipinski definition) is 2. The summed E-state index contributed by atoms with van der Waals surface area (Å²) in [6.45, 7) is 0.922. The molecule has 2 amide bonds. The lowest BCUT2D eigenvalue weighted by Crippen LogP contribution is -2.56. The zero-order chi connectivity index (χ0) is 25.3. The molecule has 10 heteroatoms. The molecule has 2 aromatic carbocycles. The SMILES string of the molecule is O=C(O)N1CCN(C(=O)c2ccc(NS(=O)(=O)c3cccc4cccnc34)cc2)C(CCC2CC2)C1. The summed E-state index contributed by atoms with van der Waals surface area (Å²) in [5.74, 6) is 0.514. The Morgan fingerprint density at radius 1 is 1.00 bits per heavy atom. The van der Waals surface area contributed by atoms with Gasteiger partial charge in [-0.25, -0.2) is 13.2 Å². The Labute approximate surface area is 209 Å². The highest BCUT2D eigenvalue weighted by atomic mass is 32.2. The number of carboxylic acid groups (broad SMARTS) is 1. The molecule has 3 aromatic rings. The quantitative estimate of drug-likeness (QED) is 0.497. The highest BCUT2D eigenvalue weighted by molar-refractivity contribution is 7.93. The molecular formula is C26H28N4O5S. The number of anilines is 1. The summed E-state index contributed by atoms with van der Waals surface area (Å²) in [6, 6.07) is 14.7. The Morgan fingerprint density at radius 2 is 1.75 bits per heavy atom. The first-order valence-electron chi connectivity index (χ1n) is 12.1. The fourth-order valence-electron chi connectivity index (χ4n) is 4.73. The van der Waals surface area contributed by atoms with E-state index < -0.39 is 16.1 Å². The van der Waals surface area contributed by atoms with E-state index in [1.54, 1.807) is 59.6 Å². The second-order valence-corrected chi connectivity index (χ2v) is 11.1. The summed E-state index contributed by atoms with van der Waals surface area (Å²) >= 11 is 0. The lowest BCUT2D eigenvalue weighted by atomic mass is 10.0. The molecule has 1 saturated heterocycles. The lowest BCUT2D eigenvalue weighted by Gasteiger charge is -2.40. The molecule has 1 saturated carbocycles. The van der Waals surface area contributed by atoms with Crippen molar-refractivity contribution in [2.24, 2.45) is 5.92 Å². The van der Waals surface area contributed by atoms with Crippen molar-refractivity contribution in [2.45, 2.75) is 36.6 Å². The van der Waals surface area contributed by atoms with Crippen LogP contribution in [0.2, 0.25) is 0 Å². The minimum Gasteiger partial charge on any atom is -0.465 e. The summed E-state index contributed by atoms with van der Waals surface area (Å²) in [5, 5.41) is 10.1. The number of para-hydroxylation sites is 1. The van der Waals surface area contributed by atoms with Crippen molar-refractivity contribution >= 4 is 38.6 Å². The maximum Gasteiger partial charge on any atom is 0.407 e. The molecular weight excluding hydrogens is 480 g/mol. The number of hydrogen-bond acceptors (Lipinski definition) is 5. The minimum atomic E-state index is -3.90. The molecule has 0 radical (unpaired) electrons. The number of carbonyl (C=O) groups is 2. The first kappa shape index (κ1) is 24.1. The van der Waals surface area contributed by atoms with Gasteiger partial charge in [-0.05, 0) is 55.2 Å². The molecule has 0 bridgehead atoms. The van der Waals surface area contributed by atoms with Crippen molar-refractivity contribution in [3.8, 4) is 0 Å². The van der Waals surface area contributed by atoms with Gasteiger partial charge in [0.15, 0.2) is 0 Å². The second-order valence-electron chi connectivity index (χ2n) is 9.42. The van der Waals surface area contributed by atoms with Gasteiger partial charge in [0, 0.05) is 48.5 Å². The highest BCUT2D eigenvalue weighted by Gasteiger charge is 2.34. The molecule has 9 nitrogen and oxygen atoms in total. The molecule has 2 N–H and O–H groups in total. The van der Waals surface area contributed by atoms with Crippen LogP contribution in [0.15, 0.2) is 65.7 Å². The van der Waals surface area contributed by atoms with Crippen LogP contribution in [0.5, 0.6) is 0 Å². The summed E-state index contributed by atoms with van der Waals surface area (Å²) in [5.41, 5.74) is 1.16. The maximum absolute atomic E-state index is 13.3. The van der Waals surface area contributed by atoms with E-state index in [9.17, 15) is 23.1 Å². The number of amides is 2. The molecule has 0 spiro atoms. The average molecular weight is 509 g/mol. The van der Waals surface area contributed by atoms with Crippen LogP contribution in [0.1, 0.15) is 36.0 Å². The van der Waals surface area contributed by atoms with Crippen molar-refractivity contribution < 1.29 is 23.1 Å². The van der Waals surface area contributed by atoms with E-state index in [0.717, 1.165) is 18.2 Å². The standard InChI is InChI=1S/C26H28N4O5S/c31-25(30-16-15-29(26(32)33)17-22(30)13-8-18-6-7-18)20-9-11-21(12-10-20)28-36(34,35)23-5-1-3-19-4-2-14-27-24(19)23/h1-5,9-12,14,18,22,28H,6-8,13,15-17H2,(H,32,33). The fourth-order valence-corrected chi connectivity index (χ4v) is 5.97. The normalized spacial score (nSPS) is 18.3. The van der Waals surface area contributed by atoms with Crippen molar-refractivity contribution in [1.29, 1.82) is 0 Å². The number of rotatable bonds is 7. The van der Waals surface area contributed by atoms with Crippen molar-refractivity contribution in [1.82, 2.24) is 14.8 Å². The van der Waals surface area contributed by atoms with Gasteiger partial charge in [0.2, 0.25) is 0 Å². The molecule has 36 heavy (non-hydrogen) atoms. The van der Waals surface area contributed by atoms with Gasteiger partial charge in [-0.15, -0.1) is 0 Å². The largest absolute Gasteiger partial charge is 0.465 e. The Hall–Kier alpha value is -3.66. The number of sulfonamides is 1. The summed E-state index contributed by atoms with van der Waals surface area (Å²) in [7, 11) is -3.90. The van der Waals surface area contributed by atoms with Crippen LogP contribution < -0.4 is 4.72 Å². The molecule has 1 aliphatic carbocycles. The van der Waals surface area contributed by atoms with E-state index in [4.69, 9.17) is 0 Å². The number of carbonyl (C=O) groups excluding carboxylic acids is 1. The fraction of sp³-hybridized carbons (Fsp3) is 0.346. The molecule has 1 unspecified atom stereocenters. The van der Waals surface area contributed by atoms with E-state index in [0.29, 0.717) is 35.8 Å². The summed E-state index contributed by atoms with van der Waals surface area (Å²) in [6.07, 6.45) is 4.76. The van der Waals surface area contributed by atoms with Gasteiger partial charge in [-0.3, -0.25) is 14.5 Å². The first-order chi connectivity index (χ1) is 17.3. The van der Waals surface area contributed by atoms with Crippen LogP contribution in [0.3, 0.4) is 0 Å². The third kappa shape index (κ3) is 5.13. The van der Waals surface area contributed by atoms with Crippen molar-refractivity contribution in [3.63, 3.8) is 0 Å².